The molecule has 0 heterocycles. The lowest BCUT2D eigenvalue weighted by molar-refractivity contribution is 0.102. The molecule has 2 rings (SSSR count). The van der Waals surface area contributed by atoms with E-state index in [1.54, 1.807) is 6.07 Å². The largest absolute Gasteiger partial charge is 0.397 e. The zero-order valence-corrected chi connectivity index (χ0v) is 11.1. The normalized spacial score (nSPS) is 10.4. The highest BCUT2D eigenvalue weighted by molar-refractivity contribution is 6.06. The van der Waals surface area contributed by atoms with Crippen molar-refractivity contribution in [2.24, 2.45) is 0 Å². The Hall–Kier alpha value is -2.43. The average molecular weight is 276 g/mol. The lowest BCUT2D eigenvalue weighted by atomic mass is 10.1. The van der Waals surface area contributed by atoms with Gasteiger partial charge in [0.2, 0.25) is 0 Å². The van der Waals surface area contributed by atoms with Gasteiger partial charge in [-0.05, 0) is 43.2 Å². The van der Waals surface area contributed by atoms with Gasteiger partial charge in [0.05, 0.1) is 16.9 Å². The summed E-state index contributed by atoms with van der Waals surface area (Å²) in [6.07, 6.45) is 0. The van der Waals surface area contributed by atoms with Crippen molar-refractivity contribution in [3.63, 3.8) is 0 Å². The first-order valence-electron chi connectivity index (χ1n) is 6.02. The van der Waals surface area contributed by atoms with Crippen molar-refractivity contribution in [2.75, 3.05) is 11.1 Å². The average Bonchev–Trinajstić information content (AvgIpc) is 2.39. The number of carbonyl (C=O) groups is 1. The maximum Gasteiger partial charge on any atom is 0.258 e. The number of hydrogen-bond acceptors (Lipinski definition) is 2. The SMILES string of the molecule is Cc1ccc(N)c(NC(=O)c2ccc(F)cc2F)c1C. The highest BCUT2D eigenvalue weighted by Crippen LogP contribution is 2.26. The van der Waals surface area contributed by atoms with Crippen LogP contribution in [0.5, 0.6) is 0 Å². The first-order valence-corrected chi connectivity index (χ1v) is 6.02. The molecule has 0 saturated heterocycles. The van der Waals surface area contributed by atoms with E-state index in [1.165, 1.54) is 0 Å². The molecule has 0 aliphatic carbocycles. The molecular formula is C15H14F2N2O. The molecule has 0 atom stereocenters. The summed E-state index contributed by atoms with van der Waals surface area (Å²) in [5.41, 5.74) is 8.18. The second-order valence-electron chi connectivity index (χ2n) is 4.55. The van der Waals surface area contributed by atoms with E-state index in [2.05, 4.69) is 5.32 Å². The van der Waals surface area contributed by atoms with E-state index in [1.807, 2.05) is 19.9 Å². The molecule has 5 heteroatoms. The minimum absolute atomic E-state index is 0.230. The highest BCUT2D eigenvalue weighted by atomic mass is 19.1. The van der Waals surface area contributed by atoms with Crippen LogP contribution < -0.4 is 11.1 Å². The molecular weight excluding hydrogens is 262 g/mol. The van der Waals surface area contributed by atoms with Crippen molar-refractivity contribution >= 4 is 17.3 Å². The van der Waals surface area contributed by atoms with Crippen molar-refractivity contribution < 1.29 is 13.6 Å². The third-order valence-electron chi connectivity index (χ3n) is 3.18. The van der Waals surface area contributed by atoms with Gasteiger partial charge in [-0.3, -0.25) is 4.79 Å². The van der Waals surface area contributed by atoms with E-state index in [-0.39, 0.29) is 5.56 Å². The van der Waals surface area contributed by atoms with Crippen LogP contribution in [0.1, 0.15) is 21.5 Å². The fourth-order valence-corrected chi connectivity index (χ4v) is 1.86. The van der Waals surface area contributed by atoms with Gasteiger partial charge in [0.25, 0.3) is 5.91 Å². The second-order valence-corrected chi connectivity index (χ2v) is 4.55. The molecule has 0 aliphatic heterocycles. The van der Waals surface area contributed by atoms with E-state index in [9.17, 15) is 13.6 Å². The number of anilines is 2. The van der Waals surface area contributed by atoms with Crippen LogP contribution in [0.3, 0.4) is 0 Å². The summed E-state index contributed by atoms with van der Waals surface area (Å²) in [7, 11) is 0. The summed E-state index contributed by atoms with van der Waals surface area (Å²) >= 11 is 0. The summed E-state index contributed by atoms with van der Waals surface area (Å²) in [4.78, 5) is 12.0. The molecule has 20 heavy (non-hydrogen) atoms. The number of hydrogen-bond donors (Lipinski definition) is 2. The first kappa shape index (κ1) is 14.0. The van der Waals surface area contributed by atoms with Crippen molar-refractivity contribution in [1.82, 2.24) is 0 Å². The Bertz CT molecular complexity index is 684. The van der Waals surface area contributed by atoms with Crippen LogP contribution in [-0.4, -0.2) is 5.91 Å². The summed E-state index contributed by atoms with van der Waals surface area (Å²) in [6.45, 7) is 3.69. The zero-order chi connectivity index (χ0) is 14.9. The molecule has 0 aromatic heterocycles. The van der Waals surface area contributed by atoms with Crippen LogP contribution in [0.25, 0.3) is 0 Å². The quantitative estimate of drug-likeness (QED) is 0.826. The number of carbonyl (C=O) groups excluding carboxylic acids is 1. The Balaban J connectivity index is 2.35. The van der Waals surface area contributed by atoms with Crippen molar-refractivity contribution in [1.29, 1.82) is 0 Å². The van der Waals surface area contributed by atoms with Crippen LogP contribution in [0.4, 0.5) is 20.2 Å². The number of nitrogens with one attached hydrogen (secondary N) is 1. The fraction of sp³-hybridized carbons (Fsp3) is 0.133. The molecule has 0 bridgehead atoms. The third kappa shape index (κ3) is 2.61. The van der Waals surface area contributed by atoms with Crippen LogP contribution in [0.15, 0.2) is 30.3 Å². The van der Waals surface area contributed by atoms with E-state index >= 15 is 0 Å². The summed E-state index contributed by atoms with van der Waals surface area (Å²) < 4.78 is 26.4. The van der Waals surface area contributed by atoms with E-state index in [0.29, 0.717) is 17.4 Å². The fourth-order valence-electron chi connectivity index (χ4n) is 1.86. The van der Waals surface area contributed by atoms with Gasteiger partial charge in [-0.2, -0.15) is 0 Å². The Labute approximate surface area is 115 Å². The van der Waals surface area contributed by atoms with Gasteiger partial charge in [-0.1, -0.05) is 6.07 Å². The van der Waals surface area contributed by atoms with Gasteiger partial charge in [0.15, 0.2) is 0 Å². The number of amides is 1. The van der Waals surface area contributed by atoms with E-state index < -0.39 is 17.5 Å². The molecule has 104 valence electrons. The summed E-state index contributed by atoms with van der Waals surface area (Å²) in [5, 5.41) is 2.57. The van der Waals surface area contributed by atoms with Gasteiger partial charge in [0.1, 0.15) is 11.6 Å². The van der Waals surface area contributed by atoms with E-state index in [4.69, 9.17) is 5.73 Å². The smallest absolute Gasteiger partial charge is 0.258 e. The van der Waals surface area contributed by atoms with E-state index in [0.717, 1.165) is 23.3 Å². The van der Waals surface area contributed by atoms with Crippen LogP contribution >= 0.6 is 0 Å². The number of aryl methyl sites for hydroxylation is 1. The Kier molecular flexibility index (Phi) is 3.70. The second kappa shape index (κ2) is 5.28. The van der Waals surface area contributed by atoms with Crippen LogP contribution in [-0.2, 0) is 0 Å². The monoisotopic (exact) mass is 276 g/mol. The lowest BCUT2D eigenvalue weighted by Crippen LogP contribution is -2.16. The maximum atomic E-state index is 13.6. The van der Waals surface area contributed by atoms with Gasteiger partial charge in [-0.25, -0.2) is 8.78 Å². The number of nitrogen functional groups attached to an aromatic ring is 1. The molecule has 0 spiro atoms. The van der Waals surface area contributed by atoms with Crippen molar-refractivity contribution in [3.8, 4) is 0 Å². The molecule has 3 N–H and O–H groups in total. The third-order valence-corrected chi connectivity index (χ3v) is 3.18. The molecule has 2 aromatic carbocycles. The standard InChI is InChI=1S/C15H14F2N2O/c1-8-3-6-13(18)14(9(8)2)19-15(20)11-5-4-10(16)7-12(11)17/h3-7H,18H2,1-2H3,(H,19,20). The summed E-state index contributed by atoms with van der Waals surface area (Å²) in [6, 6.07) is 6.30. The zero-order valence-electron chi connectivity index (χ0n) is 11.1. The molecule has 0 fully saturated rings. The predicted octanol–water partition coefficient (Wildman–Crippen LogP) is 3.42. The predicted molar refractivity (Wildman–Crippen MR) is 74.6 cm³/mol. The van der Waals surface area contributed by atoms with Gasteiger partial charge < -0.3 is 11.1 Å². The van der Waals surface area contributed by atoms with Gasteiger partial charge in [-0.15, -0.1) is 0 Å². The molecule has 1 amide bonds. The van der Waals surface area contributed by atoms with Crippen LogP contribution in [0.2, 0.25) is 0 Å². The van der Waals surface area contributed by atoms with Crippen molar-refractivity contribution in [3.05, 3.63) is 58.7 Å². The Morgan fingerprint density at radius 2 is 1.85 bits per heavy atom. The maximum absolute atomic E-state index is 13.6. The molecule has 0 radical (unpaired) electrons. The minimum atomic E-state index is -0.911. The number of benzene rings is 2. The lowest BCUT2D eigenvalue weighted by Gasteiger charge is -2.13. The minimum Gasteiger partial charge on any atom is -0.397 e. The topological polar surface area (TPSA) is 55.1 Å². The molecule has 0 aliphatic rings. The van der Waals surface area contributed by atoms with Crippen LogP contribution in [0, 0.1) is 25.5 Å². The number of nitrogens with two attached hydrogens (primary N) is 1. The first-order chi connectivity index (χ1) is 9.40. The molecule has 2 aromatic rings. The Morgan fingerprint density at radius 1 is 1.15 bits per heavy atom. The molecule has 0 unspecified atom stereocenters. The van der Waals surface area contributed by atoms with Gasteiger partial charge in [0, 0.05) is 6.07 Å². The molecule has 3 nitrogen and oxygen atoms in total. The highest BCUT2D eigenvalue weighted by Gasteiger charge is 2.15. The number of halogens is 2. The Morgan fingerprint density at radius 3 is 2.50 bits per heavy atom. The molecule has 0 saturated carbocycles. The van der Waals surface area contributed by atoms with Crippen molar-refractivity contribution in [2.45, 2.75) is 13.8 Å². The van der Waals surface area contributed by atoms with Gasteiger partial charge >= 0.3 is 0 Å². The summed E-state index contributed by atoms with van der Waals surface area (Å²) in [5.74, 6) is -2.31. The number of rotatable bonds is 2.